The summed E-state index contributed by atoms with van der Waals surface area (Å²) in [6.45, 7) is 4.97. The Morgan fingerprint density at radius 3 is 2.05 bits per heavy atom. The number of hydrogen-bond donors (Lipinski definition) is 0. The van der Waals surface area contributed by atoms with Crippen LogP contribution in [0.1, 0.15) is 87.5 Å². The summed E-state index contributed by atoms with van der Waals surface area (Å²) in [4.78, 5) is 0. The lowest BCUT2D eigenvalue weighted by Gasteiger charge is -2.38. The van der Waals surface area contributed by atoms with E-state index in [1.807, 2.05) is 6.08 Å². The van der Waals surface area contributed by atoms with Gasteiger partial charge in [0.2, 0.25) is 0 Å². The first-order chi connectivity index (χ1) is 20.1. The maximum Gasteiger partial charge on any atom is 0.400 e. The second kappa shape index (κ2) is 13.4. The normalized spacial score (nSPS) is 28.8. The maximum absolute atomic E-state index is 15.2. The van der Waals surface area contributed by atoms with Gasteiger partial charge in [-0.05, 0) is 80.8 Å². The van der Waals surface area contributed by atoms with Crippen molar-refractivity contribution in [1.29, 1.82) is 0 Å². The summed E-state index contributed by atoms with van der Waals surface area (Å²) in [6, 6.07) is 5.65. The molecular weight excluding hydrogens is 558 g/mol. The van der Waals surface area contributed by atoms with E-state index in [9.17, 15) is 22.0 Å². The molecule has 2 aromatic carbocycles. The van der Waals surface area contributed by atoms with Crippen LogP contribution in [0.4, 0.5) is 26.3 Å². The molecule has 0 N–H and O–H groups in total. The molecule has 0 aromatic heterocycles. The van der Waals surface area contributed by atoms with Gasteiger partial charge in [0.1, 0.15) is 11.6 Å². The van der Waals surface area contributed by atoms with E-state index in [1.165, 1.54) is 38.2 Å². The van der Waals surface area contributed by atoms with Gasteiger partial charge in [0.15, 0.2) is 23.7 Å². The molecule has 0 bridgehead atoms. The second-order valence-corrected chi connectivity index (χ2v) is 12.1. The van der Waals surface area contributed by atoms with E-state index in [-0.39, 0.29) is 18.8 Å². The van der Waals surface area contributed by atoms with Crippen molar-refractivity contribution in [3.05, 3.63) is 77.4 Å². The fourth-order valence-corrected chi connectivity index (χ4v) is 6.88. The maximum atomic E-state index is 15.2. The van der Waals surface area contributed by atoms with Gasteiger partial charge in [-0.1, -0.05) is 31.1 Å². The van der Waals surface area contributed by atoms with Crippen LogP contribution in [0.3, 0.4) is 0 Å². The Labute approximate surface area is 243 Å². The minimum Gasteiger partial charge on any atom is -0.432 e. The van der Waals surface area contributed by atoms with Crippen molar-refractivity contribution < 1.29 is 40.6 Å². The molecule has 1 saturated heterocycles. The largest absolute Gasteiger partial charge is 0.432 e. The fraction of sp³-hybridized carbons (Fsp3) is 0.576. The van der Waals surface area contributed by atoms with Crippen LogP contribution in [0, 0.1) is 46.9 Å². The zero-order valence-electron chi connectivity index (χ0n) is 23.6. The summed E-state index contributed by atoms with van der Waals surface area (Å²) < 4.78 is 101. The van der Waals surface area contributed by atoms with Crippen molar-refractivity contribution in [2.75, 3.05) is 13.2 Å². The number of rotatable bonds is 9. The predicted octanol–water partition coefficient (Wildman–Crippen LogP) is 9.62. The monoisotopic (exact) mass is 596 g/mol. The first-order valence-electron chi connectivity index (χ1n) is 15.0. The van der Waals surface area contributed by atoms with Gasteiger partial charge in [-0.2, -0.15) is 8.78 Å². The Hall–Kier alpha value is -2.52. The average molecular weight is 597 g/mol. The van der Waals surface area contributed by atoms with Crippen LogP contribution in [0.2, 0.25) is 0 Å². The van der Waals surface area contributed by atoms with Gasteiger partial charge in [-0.3, -0.25) is 0 Å². The molecule has 2 saturated carbocycles. The molecule has 3 aliphatic rings. The third-order valence-electron chi connectivity index (χ3n) is 9.41. The summed E-state index contributed by atoms with van der Waals surface area (Å²) in [6.07, 6.45) is 5.35. The van der Waals surface area contributed by atoms with Crippen molar-refractivity contribution in [2.24, 2.45) is 23.7 Å². The Balaban J connectivity index is 1.11. The van der Waals surface area contributed by atoms with Crippen LogP contribution in [0.25, 0.3) is 0 Å². The molecule has 1 aliphatic heterocycles. The van der Waals surface area contributed by atoms with E-state index in [0.29, 0.717) is 61.2 Å². The molecular formula is C33H38F6O3. The molecule has 42 heavy (non-hydrogen) atoms. The summed E-state index contributed by atoms with van der Waals surface area (Å²) >= 11 is 0. The summed E-state index contributed by atoms with van der Waals surface area (Å²) in [5.41, 5.74) is 1.04. The standard InChI is InChI=1S/C33H38F6O3/c1-2-3-4-20-5-7-21(8-6-20)24-18-40-32(41-19-24)23-11-14-27(28(34)15-23)22-9-12-25(13-10-22)33(38,39)42-26-16-29(35)31(37)30(36)17-26/h2,11,14-17,20-22,24-25,32H,1,3-10,12-13,18-19H2. The molecule has 0 atom stereocenters. The first-order valence-corrected chi connectivity index (χ1v) is 15.0. The van der Waals surface area contributed by atoms with Crippen molar-refractivity contribution in [3.8, 4) is 5.75 Å². The molecule has 2 aliphatic carbocycles. The lowest BCUT2D eigenvalue weighted by Crippen LogP contribution is -2.37. The van der Waals surface area contributed by atoms with Crippen LogP contribution < -0.4 is 4.74 Å². The van der Waals surface area contributed by atoms with Crippen molar-refractivity contribution in [1.82, 2.24) is 0 Å². The van der Waals surface area contributed by atoms with E-state index in [2.05, 4.69) is 11.3 Å². The second-order valence-electron chi connectivity index (χ2n) is 12.1. The molecule has 3 fully saturated rings. The first kappa shape index (κ1) is 30.9. The number of ether oxygens (including phenoxy) is 3. The quantitative estimate of drug-likeness (QED) is 0.164. The molecule has 3 nitrogen and oxygen atoms in total. The van der Waals surface area contributed by atoms with Gasteiger partial charge in [0.05, 0.1) is 19.1 Å². The van der Waals surface area contributed by atoms with Gasteiger partial charge in [0, 0.05) is 23.6 Å². The summed E-state index contributed by atoms with van der Waals surface area (Å²) in [7, 11) is 0. The molecule has 5 rings (SSSR count). The van der Waals surface area contributed by atoms with Gasteiger partial charge < -0.3 is 14.2 Å². The highest BCUT2D eigenvalue weighted by Crippen LogP contribution is 2.44. The molecule has 230 valence electrons. The van der Waals surface area contributed by atoms with E-state index in [0.717, 1.165) is 12.3 Å². The third kappa shape index (κ3) is 7.16. The van der Waals surface area contributed by atoms with Crippen molar-refractivity contribution in [2.45, 2.75) is 82.5 Å². The predicted molar refractivity (Wildman–Crippen MR) is 146 cm³/mol. The minimum absolute atomic E-state index is 0.0252. The number of halogens is 6. The Morgan fingerprint density at radius 1 is 0.810 bits per heavy atom. The number of allylic oxidation sites excluding steroid dienone is 1. The lowest BCUT2D eigenvalue weighted by atomic mass is 9.75. The minimum atomic E-state index is -3.72. The highest BCUT2D eigenvalue weighted by Gasteiger charge is 2.44. The molecule has 1 heterocycles. The van der Waals surface area contributed by atoms with E-state index >= 15 is 4.39 Å². The smallest absolute Gasteiger partial charge is 0.400 e. The van der Waals surface area contributed by atoms with Gasteiger partial charge in [0.25, 0.3) is 0 Å². The lowest BCUT2D eigenvalue weighted by molar-refractivity contribution is -0.222. The van der Waals surface area contributed by atoms with Crippen molar-refractivity contribution in [3.63, 3.8) is 0 Å². The third-order valence-corrected chi connectivity index (χ3v) is 9.41. The molecule has 0 unspecified atom stereocenters. The number of alkyl halides is 2. The molecule has 0 amide bonds. The highest BCUT2D eigenvalue weighted by atomic mass is 19.3. The van der Waals surface area contributed by atoms with E-state index in [4.69, 9.17) is 9.47 Å². The topological polar surface area (TPSA) is 27.7 Å². The van der Waals surface area contributed by atoms with Crippen LogP contribution in [-0.4, -0.2) is 19.3 Å². The Bertz CT molecular complexity index is 1190. The van der Waals surface area contributed by atoms with E-state index < -0.39 is 47.3 Å². The average Bonchev–Trinajstić information content (AvgIpc) is 2.99. The van der Waals surface area contributed by atoms with Crippen LogP contribution in [0.5, 0.6) is 5.75 Å². The molecule has 2 aromatic rings. The van der Waals surface area contributed by atoms with Crippen molar-refractivity contribution >= 4 is 0 Å². The van der Waals surface area contributed by atoms with Gasteiger partial charge in [-0.15, -0.1) is 6.58 Å². The highest BCUT2D eigenvalue weighted by molar-refractivity contribution is 5.29. The SMILES string of the molecule is C=CCCC1CCC(C2COC(c3ccc(C4CCC(C(F)(F)Oc5cc(F)c(F)c(F)c5)CC4)c(F)c3)OC2)CC1. The van der Waals surface area contributed by atoms with Crippen LogP contribution >= 0.6 is 0 Å². The van der Waals surface area contributed by atoms with E-state index in [1.54, 1.807) is 12.1 Å². The zero-order valence-corrected chi connectivity index (χ0v) is 23.6. The number of hydrogen-bond acceptors (Lipinski definition) is 3. The van der Waals surface area contributed by atoms with Gasteiger partial charge in [-0.25, -0.2) is 17.6 Å². The molecule has 0 radical (unpaired) electrons. The van der Waals surface area contributed by atoms with Crippen LogP contribution in [0.15, 0.2) is 43.0 Å². The number of benzene rings is 2. The Morgan fingerprint density at radius 2 is 1.45 bits per heavy atom. The fourth-order valence-electron chi connectivity index (χ4n) is 6.88. The zero-order chi connectivity index (χ0) is 29.9. The van der Waals surface area contributed by atoms with Crippen LogP contribution in [-0.2, 0) is 9.47 Å². The van der Waals surface area contributed by atoms with Gasteiger partial charge >= 0.3 is 6.11 Å². The Kier molecular flexibility index (Phi) is 9.88. The summed E-state index contributed by atoms with van der Waals surface area (Å²) in [5.74, 6) is -5.98. The molecule has 9 heteroatoms. The molecule has 0 spiro atoms. The summed E-state index contributed by atoms with van der Waals surface area (Å²) in [5, 5.41) is 0.